The number of hydrogen-bond donors (Lipinski definition) is 0. The molecule has 8 rings (SSSR count). The maximum absolute atomic E-state index is 14.3. The monoisotopic (exact) mass is 680 g/mol. The molecule has 0 aliphatic carbocycles. The van der Waals surface area contributed by atoms with Crippen molar-refractivity contribution in [1.29, 1.82) is 0 Å². The fraction of sp³-hybridized carbons (Fsp3) is 0.204. The maximum Gasteiger partial charge on any atom is 0.134 e. The second kappa shape index (κ2) is 13.4. The SMILES string of the molecule is Cc1cc(C)c(-c2cccc(-c3c(C)cc(C)cc3C)c2P2C(c3cccc4ccccc34)CC(=O)CC2c2cccc3ccccc23)c(C)c1. The lowest BCUT2D eigenvalue weighted by atomic mass is 9.89. The average molecular weight is 681 g/mol. The number of hydrogen-bond acceptors (Lipinski definition) is 1. The van der Waals surface area contributed by atoms with E-state index in [0.29, 0.717) is 18.6 Å². The summed E-state index contributed by atoms with van der Waals surface area (Å²) in [6.45, 7) is 13.5. The molecular formula is C49H45OP. The molecule has 0 aromatic heterocycles. The smallest absolute Gasteiger partial charge is 0.134 e. The van der Waals surface area contributed by atoms with Crippen LogP contribution in [0.2, 0.25) is 0 Å². The van der Waals surface area contributed by atoms with E-state index < -0.39 is 7.92 Å². The topological polar surface area (TPSA) is 17.1 Å². The van der Waals surface area contributed by atoms with Crippen molar-refractivity contribution in [3.8, 4) is 22.3 Å². The minimum absolute atomic E-state index is 0.0494. The molecule has 1 fully saturated rings. The Morgan fingerprint density at radius 1 is 0.471 bits per heavy atom. The normalized spacial score (nSPS) is 17.7. The fourth-order valence-corrected chi connectivity index (χ4v) is 13.1. The highest BCUT2D eigenvalue weighted by molar-refractivity contribution is 7.67. The maximum atomic E-state index is 14.3. The van der Waals surface area contributed by atoms with Gasteiger partial charge in [-0.05, 0) is 124 Å². The number of carbonyl (C=O) groups is 1. The zero-order valence-corrected chi connectivity index (χ0v) is 31.4. The van der Waals surface area contributed by atoms with Crippen LogP contribution in [0.1, 0.15) is 68.7 Å². The molecule has 0 amide bonds. The highest BCUT2D eigenvalue weighted by Gasteiger charge is 2.43. The Hall–Kier alpha value is -4.84. The van der Waals surface area contributed by atoms with Gasteiger partial charge in [0.2, 0.25) is 0 Å². The molecule has 252 valence electrons. The Morgan fingerprint density at radius 3 is 1.27 bits per heavy atom. The molecule has 7 aromatic rings. The molecule has 2 unspecified atom stereocenters. The molecule has 0 spiro atoms. The number of carbonyl (C=O) groups excluding carboxylic acids is 1. The summed E-state index contributed by atoms with van der Waals surface area (Å²) in [5.74, 6) is 0.356. The van der Waals surface area contributed by atoms with E-state index in [4.69, 9.17) is 0 Å². The van der Waals surface area contributed by atoms with Crippen molar-refractivity contribution in [2.75, 3.05) is 0 Å². The second-order valence-electron chi connectivity index (χ2n) is 14.8. The van der Waals surface area contributed by atoms with Crippen LogP contribution in [-0.4, -0.2) is 5.78 Å². The van der Waals surface area contributed by atoms with Crippen LogP contribution in [-0.2, 0) is 4.79 Å². The van der Waals surface area contributed by atoms with Crippen LogP contribution in [0.5, 0.6) is 0 Å². The van der Waals surface area contributed by atoms with E-state index >= 15 is 0 Å². The van der Waals surface area contributed by atoms with Crippen molar-refractivity contribution >= 4 is 40.6 Å². The Morgan fingerprint density at radius 2 is 0.843 bits per heavy atom. The molecule has 2 heteroatoms. The van der Waals surface area contributed by atoms with Crippen molar-refractivity contribution in [3.63, 3.8) is 0 Å². The van der Waals surface area contributed by atoms with E-state index in [0.717, 1.165) is 0 Å². The Labute approximate surface area is 304 Å². The third kappa shape index (κ3) is 5.92. The molecule has 0 saturated carbocycles. The van der Waals surface area contributed by atoms with E-state index in [2.05, 4.69) is 169 Å². The van der Waals surface area contributed by atoms with Gasteiger partial charge in [-0.25, -0.2) is 0 Å². The zero-order chi connectivity index (χ0) is 35.4. The van der Waals surface area contributed by atoms with Gasteiger partial charge in [-0.15, -0.1) is 0 Å². The lowest BCUT2D eigenvalue weighted by Gasteiger charge is -2.42. The molecule has 51 heavy (non-hydrogen) atoms. The minimum Gasteiger partial charge on any atom is -0.300 e. The third-order valence-electron chi connectivity index (χ3n) is 11.1. The number of ketones is 1. The summed E-state index contributed by atoms with van der Waals surface area (Å²) in [7, 11) is -0.994. The Balaban J connectivity index is 1.53. The molecular weight excluding hydrogens is 636 g/mol. The molecule has 1 saturated heterocycles. The number of aryl methyl sites for hydroxylation is 6. The molecule has 0 N–H and O–H groups in total. The standard InChI is InChI=1S/C49H45OP/c1-30-24-32(3)47(33(4)25-30)43-22-13-23-44(48-34(5)26-31(2)27-35(48)6)49(43)51-45(41-20-11-16-36-14-7-9-18-39(36)41)28-38(50)29-46(51)42-21-12-17-37-15-8-10-19-40(37)42/h7-27,45-46H,28-29H2,1-6H3. The molecule has 1 heterocycles. The van der Waals surface area contributed by atoms with Gasteiger partial charge in [-0.2, -0.15) is 0 Å². The minimum atomic E-state index is -0.994. The molecule has 1 aliphatic heterocycles. The van der Waals surface area contributed by atoms with Crippen molar-refractivity contribution in [1.82, 2.24) is 0 Å². The van der Waals surface area contributed by atoms with Gasteiger partial charge in [0.25, 0.3) is 0 Å². The van der Waals surface area contributed by atoms with Gasteiger partial charge in [0, 0.05) is 24.2 Å². The number of fused-ring (bicyclic) bond motifs is 2. The average Bonchev–Trinajstić information content (AvgIpc) is 3.10. The number of Topliss-reactive ketones (excluding diaryl/α,β-unsaturated/α-hetero) is 1. The lowest BCUT2D eigenvalue weighted by molar-refractivity contribution is -0.119. The van der Waals surface area contributed by atoms with Crippen molar-refractivity contribution in [2.24, 2.45) is 0 Å². The molecule has 1 nitrogen and oxygen atoms in total. The first kappa shape index (κ1) is 33.3. The fourth-order valence-electron chi connectivity index (χ4n) is 9.28. The summed E-state index contributed by atoms with van der Waals surface area (Å²) in [5, 5.41) is 6.41. The van der Waals surface area contributed by atoms with Gasteiger partial charge in [0.15, 0.2) is 0 Å². The third-order valence-corrected chi connectivity index (χ3v) is 14.3. The van der Waals surface area contributed by atoms with Crippen LogP contribution in [0.25, 0.3) is 43.8 Å². The molecule has 1 aliphatic rings. The van der Waals surface area contributed by atoms with Gasteiger partial charge >= 0.3 is 0 Å². The Bertz CT molecular complexity index is 2260. The van der Waals surface area contributed by atoms with E-state index in [1.54, 1.807) is 0 Å². The predicted octanol–water partition coefficient (Wildman–Crippen LogP) is 13.1. The van der Waals surface area contributed by atoms with Crippen LogP contribution < -0.4 is 5.30 Å². The summed E-state index contributed by atoms with van der Waals surface area (Å²) < 4.78 is 0. The van der Waals surface area contributed by atoms with Gasteiger partial charge in [0.05, 0.1) is 0 Å². The molecule has 0 bridgehead atoms. The number of benzene rings is 7. The molecule has 2 atom stereocenters. The van der Waals surface area contributed by atoms with E-state index in [1.807, 2.05) is 0 Å². The summed E-state index contributed by atoms with van der Waals surface area (Å²) in [4.78, 5) is 14.3. The Kier molecular flexibility index (Phi) is 8.73. The first-order valence-electron chi connectivity index (χ1n) is 18.2. The first-order valence-corrected chi connectivity index (χ1v) is 19.7. The van der Waals surface area contributed by atoms with Gasteiger partial charge < -0.3 is 0 Å². The van der Waals surface area contributed by atoms with E-state index in [1.165, 1.54) is 93.6 Å². The van der Waals surface area contributed by atoms with E-state index in [-0.39, 0.29) is 11.3 Å². The zero-order valence-electron chi connectivity index (χ0n) is 30.5. The lowest BCUT2D eigenvalue weighted by Crippen LogP contribution is -2.26. The van der Waals surface area contributed by atoms with Crippen LogP contribution >= 0.6 is 7.92 Å². The summed E-state index contributed by atoms with van der Waals surface area (Å²) in [5.41, 5.74) is 15.8. The first-order chi connectivity index (χ1) is 24.7. The van der Waals surface area contributed by atoms with E-state index in [9.17, 15) is 4.79 Å². The second-order valence-corrected chi connectivity index (χ2v) is 17.3. The summed E-state index contributed by atoms with van der Waals surface area (Å²) in [6.07, 6.45) is 1.10. The predicted molar refractivity (Wildman–Crippen MR) is 220 cm³/mol. The van der Waals surface area contributed by atoms with Crippen LogP contribution in [0.4, 0.5) is 0 Å². The largest absolute Gasteiger partial charge is 0.300 e. The van der Waals surface area contributed by atoms with Crippen molar-refractivity contribution in [2.45, 2.75) is 65.7 Å². The summed E-state index contributed by atoms with van der Waals surface area (Å²) >= 11 is 0. The summed E-state index contributed by atoms with van der Waals surface area (Å²) in [6, 6.07) is 47.3. The van der Waals surface area contributed by atoms with Gasteiger partial charge in [0.1, 0.15) is 5.78 Å². The quantitative estimate of drug-likeness (QED) is 0.165. The molecule has 7 aromatic carbocycles. The highest BCUT2D eigenvalue weighted by Crippen LogP contribution is 2.69. The van der Waals surface area contributed by atoms with Crippen molar-refractivity contribution in [3.05, 3.63) is 172 Å². The van der Waals surface area contributed by atoms with Crippen LogP contribution in [0, 0.1) is 41.5 Å². The van der Waals surface area contributed by atoms with Crippen LogP contribution in [0.15, 0.2) is 127 Å². The number of rotatable bonds is 5. The van der Waals surface area contributed by atoms with Gasteiger partial charge in [-0.3, -0.25) is 4.79 Å². The molecule has 0 radical (unpaired) electrons. The van der Waals surface area contributed by atoms with Crippen molar-refractivity contribution < 1.29 is 4.79 Å². The van der Waals surface area contributed by atoms with Crippen LogP contribution in [0.3, 0.4) is 0 Å². The highest BCUT2D eigenvalue weighted by atomic mass is 31.1. The van der Waals surface area contributed by atoms with Gasteiger partial charge in [-0.1, -0.05) is 146 Å².